The zero-order valence-corrected chi connectivity index (χ0v) is 12.1. The molecule has 0 aliphatic carbocycles. The zero-order valence-electron chi connectivity index (χ0n) is 10.4. The van der Waals surface area contributed by atoms with Gasteiger partial charge in [-0.25, -0.2) is 13.1 Å². The van der Waals surface area contributed by atoms with Crippen LogP contribution in [0.4, 0.5) is 0 Å². The Morgan fingerprint density at radius 1 is 1.29 bits per heavy atom. The van der Waals surface area contributed by atoms with Crippen LogP contribution in [0.2, 0.25) is 0 Å². The van der Waals surface area contributed by atoms with E-state index < -0.39 is 10.0 Å². The molecule has 0 saturated heterocycles. The van der Waals surface area contributed by atoms with Gasteiger partial charge < -0.3 is 0 Å². The minimum atomic E-state index is -3.15. The number of thioether (sulfide) groups is 1. The minimum Gasteiger partial charge on any atom is -0.212 e. The molecule has 0 saturated carbocycles. The van der Waals surface area contributed by atoms with Gasteiger partial charge in [0.2, 0.25) is 10.0 Å². The van der Waals surface area contributed by atoms with Crippen LogP contribution < -0.4 is 4.72 Å². The summed E-state index contributed by atoms with van der Waals surface area (Å²) in [4.78, 5) is 1.18. The third kappa shape index (κ3) is 4.69. The Balaban J connectivity index is 2.72. The molecule has 96 valence electrons. The van der Waals surface area contributed by atoms with Crippen LogP contribution in [0, 0.1) is 0 Å². The second-order valence-electron chi connectivity index (χ2n) is 3.93. The van der Waals surface area contributed by atoms with Gasteiger partial charge >= 0.3 is 0 Å². The van der Waals surface area contributed by atoms with E-state index in [1.54, 1.807) is 11.8 Å². The average molecular weight is 273 g/mol. The standard InChI is InChI=1S/C12H19NO2S2/c1-4-9-17(14,15)13-10(2)11-5-7-12(16-3)8-6-11/h5-8,10,13H,4,9H2,1-3H3. The van der Waals surface area contributed by atoms with E-state index in [4.69, 9.17) is 0 Å². The second kappa shape index (κ2) is 6.42. The van der Waals surface area contributed by atoms with Crippen LogP contribution in [0.3, 0.4) is 0 Å². The molecule has 0 aromatic heterocycles. The van der Waals surface area contributed by atoms with Crippen molar-refractivity contribution in [2.24, 2.45) is 0 Å². The molecule has 1 atom stereocenters. The van der Waals surface area contributed by atoms with Crippen molar-refractivity contribution >= 4 is 21.8 Å². The molecular formula is C12H19NO2S2. The molecule has 1 aromatic rings. The predicted octanol–water partition coefficient (Wildman–Crippen LogP) is 2.80. The van der Waals surface area contributed by atoms with Crippen LogP contribution in [0.25, 0.3) is 0 Å². The molecule has 0 bridgehead atoms. The van der Waals surface area contributed by atoms with Gasteiger partial charge in [0, 0.05) is 10.9 Å². The lowest BCUT2D eigenvalue weighted by Crippen LogP contribution is -2.28. The lowest BCUT2D eigenvalue weighted by Gasteiger charge is -2.14. The van der Waals surface area contributed by atoms with E-state index in [0.717, 1.165) is 5.56 Å². The molecule has 1 N–H and O–H groups in total. The smallest absolute Gasteiger partial charge is 0.212 e. The van der Waals surface area contributed by atoms with Gasteiger partial charge in [-0.3, -0.25) is 0 Å². The second-order valence-corrected chi connectivity index (χ2v) is 6.68. The molecule has 0 heterocycles. The van der Waals surface area contributed by atoms with E-state index in [1.807, 2.05) is 44.4 Å². The fourth-order valence-electron chi connectivity index (χ4n) is 1.56. The Morgan fingerprint density at radius 3 is 2.35 bits per heavy atom. The third-order valence-corrected chi connectivity index (χ3v) is 4.85. The van der Waals surface area contributed by atoms with Gasteiger partial charge in [-0.15, -0.1) is 11.8 Å². The van der Waals surface area contributed by atoms with Crippen molar-refractivity contribution in [3.05, 3.63) is 29.8 Å². The summed E-state index contributed by atoms with van der Waals surface area (Å²) in [5.41, 5.74) is 0.988. The van der Waals surface area contributed by atoms with Crippen molar-refractivity contribution in [1.29, 1.82) is 0 Å². The topological polar surface area (TPSA) is 46.2 Å². The van der Waals surface area contributed by atoms with Gasteiger partial charge in [-0.05, 0) is 37.3 Å². The first kappa shape index (κ1) is 14.5. The van der Waals surface area contributed by atoms with Crippen molar-refractivity contribution in [2.75, 3.05) is 12.0 Å². The highest BCUT2D eigenvalue weighted by Crippen LogP contribution is 2.19. The molecular weight excluding hydrogens is 254 g/mol. The quantitative estimate of drug-likeness (QED) is 0.811. The highest BCUT2D eigenvalue weighted by molar-refractivity contribution is 7.98. The fraction of sp³-hybridized carbons (Fsp3) is 0.500. The summed E-state index contributed by atoms with van der Waals surface area (Å²) in [7, 11) is -3.15. The maximum atomic E-state index is 11.6. The molecule has 1 unspecified atom stereocenters. The van der Waals surface area contributed by atoms with Crippen molar-refractivity contribution in [3.63, 3.8) is 0 Å². The molecule has 0 amide bonds. The molecule has 3 nitrogen and oxygen atoms in total. The summed E-state index contributed by atoms with van der Waals surface area (Å²) in [5, 5.41) is 0. The maximum absolute atomic E-state index is 11.6. The summed E-state index contributed by atoms with van der Waals surface area (Å²) < 4.78 is 25.9. The largest absolute Gasteiger partial charge is 0.212 e. The van der Waals surface area contributed by atoms with E-state index >= 15 is 0 Å². The molecule has 0 fully saturated rings. The Morgan fingerprint density at radius 2 is 1.88 bits per heavy atom. The average Bonchev–Trinajstić information content (AvgIpc) is 2.28. The molecule has 17 heavy (non-hydrogen) atoms. The number of nitrogens with one attached hydrogen (secondary N) is 1. The summed E-state index contributed by atoms with van der Waals surface area (Å²) in [6.07, 6.45) is 2.65. The highest BCUT2D eigenvalue weighted by Gasteiger charge is 2.14. The van der Waals surface area contributed by atoms with E-state index in [1.165, 1.54) is 4.90 Å². The number of benzene rings is 1. The summed E-state index contributed by atoms with van der Waals surface area (Å²) in [6.45, 7) is 3.72. The van der Waals surface area contributed by atoms with Crippen molar-refractivity contribution < 1.29 is 8.42 Å². The Bertz CT molecular complexity index is 440. The van der Waals surface area contributed by atoms with Crippen molar-refractivity contribution in [3.8, 4) is 0 Å². The molecule has 5 heteroatoms. The van der Waals surface area contributed by atoms with E-state index in [9.17, 15) is 8.42 Å². The number of rotatable bonds is 6. The first-order valence-corrected chi connectivity index (χ1v) is 8.50. The predicted molar refractivity (Wildman–Crippen MR) is 73.9 cm³/mol. The van der Waals surface area contributed by atoms with Gasteiger partial charge in [0.1, 0.15) is 0 Å². The van der Waals surface area contributed by atoms with Crippen LogP contribution in [0.5, 0.6) is 0 Å². The number of sulfonamides is 1. The van der Waals surface area contributed by atoms with Crippen LogP contribution >= 0.6 is 11.8 Å². The molecule has 0 spiro atoms. The SMILES string of the molecule is CCCS(=O)(=O)NC(C)c1ccc(SC)cc1. The Hall–Kier alpha value is -0.520. The van der Waals surface area contributed by atoms with Crippen LogP contribution in [-0.2, 0) is 10.0 Å². The Labute approximate surface area is 108 Å². The third-order valence-electron chi connectivity index (χ3n) is 2.44. The summed E-state index contributed by atoms with van der Waals surface area (Å²) in [5.74, 6) is 0.181. The van der Waals surface area contributed by atoms with Gasteiger partial charge in [0.15, 0.2) is 0 Å². The van der Waals surface area contributed by atoms with Crippen molar-refractivity contribution in [1.82, 2.24) is 4.72 Å². The van der Waals surface area contributed by atoms with E-state index in [0.29, 0.717) is 6.42 Å². The van der Waals surface area contributed by atoms with E-state index in [2.05, 4.69) is 4.72 Å². The molecule has 0 radical (unpaired) electrons. The van der Waals surface area contributed by atoms with Crippen LogP contribution in [0.15, 0.2) is 29.2 Å². The monoisotopic (exact) mass is 273 g/mol. The van der Waals surface area contributed by atoms with E-state index in [-0.39, 0.29) is 11.8 Å². The molecule has 1 rings (SSSR count). The minimum absolute atomic E-state index is 0.178. The lowest BCUT2D eigenvalue weighted by atomic mass is 10.1. The fourth-order valence-corrected chi connectivity index (χ4v) is 3.30. The lowest BCUT2D eigenvalue weighted by molar-refractivity contribution is 0.565. The van der Waals surface area contributed by atoms with Gasteiger partial charge in [-0.1, -0.05) is 19.1 Å². The molecule has 1 aromatic carbocycles. The van der Waals surface area contributed by atoms with Crippen LogP contribution in [0.1, 0.15) is 31.9 Å². The summed E-state index contributed by atoms with van der Waals surface area (Å²) >= 11 is 1.67. The number of hydrogen-bond acceptors (Lipinski definition) is 3. The zero-order chi connectivity index (χ0) is 12.9. The van der Waals surface area contributed by atoms with Crippen LogP contribution in [-0.4, -0.2) is 20.4 Å². The number of hydrogen-bond donors (Lipinski definition) is 1. The first-order valence-electron chi connectivity index (χ1n) is 5.62. The summed E-state index contributed by atoms with van der Waals surface area (Å²) in [6, 6.07) is 7.76. The molecule has 0 aliphatic rings. The normalized spacial score (nSPS) is 13.6. The van der Waals surface area contributed by atoms with Crippen molar-refractivity contribution in [2.45, 2.75) is 31.2 Å². The maximum Gasteiger partial charge on any atom is 0.212 e. The molecule has 0 aliphatic heterocycles. The van der Waals surface area contributed by atoms with Gasteiger partial charge in [0.05, 0.1) is 5.75 Å². The van der Waals surface area contributed by atoms with Gasteiger partial charge in [-0.2, -0.15) is 0 Å². The van der Waals surface area contributed by atoms with Gasteiger partial charge in [0.25, 0.3) is 0 Å². The first-order chi connectivity index (χ1) is 7.98. The Kier molecular flexibility index (Phi) is 5.49. The highest BCUT2D eigenvalue weighted by atomic mass is 32.2.